The molecule has 0 spiro atoms. The summed E-state index contributed by atoms with van der Waals surface area (Å²) in [6.07, 6.45) is 46.0. The van der Waals surface area contributed by atoms with Gasteiger partial charge >= 0.3 is 7.82 Å². The Labute approximate surface area is 313 Å². The number of carbonyl (C=O) groups excluding carboxylic acids is 1. The third-order valence-electron chi connectivity index (χ3n) is 8.84. The molecule has 9 heteroatoms. The van der Waals surface area contributed by atoms with E-state index in [4.69, 9.17) is 14.8 Å². The number of rotatable bonds is 38. The summed E-state index contributed by atoms with van der Waals surface area (Å²) < 4.78 is 22.0. The maximum Gasteiger partial charge on any atom is 0.472 e. The smallest absolute Gasteiger partial charge is 0.387 e. The largest absolute Gasteiger partial charge is 0.472 e. The first-order chi connectivity index (χ1) is 24.9. The fourth-order valence-electron chi connectivity index (χ4n) is 5.69. The molecule has 0 radical (unpaired) electrons. The Morgan fingerprint density at radius 1 is 0.627 bits per heavy atom. The molecule has 0 aliphatic carbocycles. The van der Waals surface area contributed by atoms with Gasteiger partial charge in [0.15, 0.2) is 0 Å². The number of phosphoric ester groups is 1. The van der Waals surface area contributed by atoms with Crippen molar-refractivity contribution in [3.05, 3.63) is 48.6 Å². The number of amides is 1. The lowest BCUT2D eigenvalue weighted by Gasteiger charge is -2.23. The first kappa shape index (κ1) is 49.5. The number of nitrogens with two attached hydrogens (primary N) is 1. The maximum absolute atomic E-state index is 12.7. The van der Waals surface area contributed by atoms with Crippen LogP contribution in [0.4, 0.5) is 0 Å². The average Bonchev–Trinajstić information content (AvgIpc) is 3.12. The molecule has 0 saturated carbocycles. The highest BCUT2D eigenvalue weighted by Gasteiger charge is 2.26. The number of hydrogen-bond donors (Lipinski definition) is 4. The molecule has 298 valence electrons. The number of unbranched alkanes of at least 4 members (excludes halogenated alkanes) is 20. The van der Waals surface area contributed by atoms with E-state index >= 15 is 0 Å². The molecule has 8 nitrogen and oxygen atoms in total. The first-order valence-electron chi connectivity index (χ1n) is 20.8. The average molecular weight is 739 g/mol. The molecule has 0 aromatic rings. The summed E-state index contributed by atoms with van der Waals surface area (Å²) in [5.41, 5.74) is 5.35. The second-order valence-electron chi connectivity index (χ2n) is 13.8. The van der Waals surface area contributed by atoms with Crippen LogP contribution in [-0.2, 0) is 18.4 Å². The quantitative estimate of drug-likeness (QED) is 0.0282. The normalized spacial score (nSPS) is 14.7. The summed E-state index contributed by atoms with van der Waals surface area (Å²) in [7, 11) is -4.35. The molecule has 0 aromatic carbocycles. The van der Waals surface area contributed by atoms with Crippen molar-refractivity contribution < 1.29 is 28.4 Å². The Bertz CT molecular complexity index is 938. The van der Waals surface area contributed by atoms with Gasteiger partial charge in [-0.25, -0.2) is 4.57 Å². The van der Waals surface area contributed by atoms with Crippen molar-refractivity contribution in [2.24, 2.45) is 5.73 Å². The van der Waals surface area contributed by atoms with Crippen LogP contribution in [0.1, 0.15) is 181 Å². The molecule has 0 aliphatic heterocycles. The van der Waals surface area contributed by atoms with Gasteiger partial charge in [-0.2, -0.15) is 0 Å². The molecule has 3 unspecified atom stereocenters. The zero-order valence-electron chi connectivity index (χ0n) is 32.8. The van der Waals surface area contributed by atoms with Crippen LogP contribution in [-0.4, -0.2) is 47.8 Å². The molecule has 0 fully saturated rings. The van der Waals surface area contributed by atoms with E-state index < -0.39 is 20.0 Å². The van der Waals surface area contributed by atoms with Gasteiger partial charge in [0.1, 0.15) is 0 Å². The lowest BCUT2D eigenvalue weighted by molar-refractivity contribution is -0.123. The van der Waals surface area contributed by atoms with Gasteiger partial charge in [-0.1, -0.05) is 159 Å². The van der Waals surface area contributed by atoms with E-state index in [1.165, 1.54) is 109 Å². The summed E-state index contributed by atoms with van der Waals surface area (Å²) in [6.45, 7) is 4.02. The van der Waals surface area contributed by atoms with Gasteiger partial charge in [-0.05, 0) is 64.2 Å². The van der Waals surface area contributed by atoms with Crippen molar-refractivity contribution >= 4 is 13.7 Å². The van der Waals surface area contributed by atoms with Crippen molar-refractivity contribution in [1.29, 1.82) is 0 Å². The number of allylic oxidation sites excluding steroid dienone is 7. The highest BCUT2D eigenvalue weighted by molar-refractivity contribution is 7.47. The van der Waals surface area contributed by atoms with Gasteiger partial charge < -0.3 is 21.1 Å². The highest BCUT2D eigenvalue weighted by atomic mass is 31.2. The second-order valence-corrected chi connectivity index (χ2v) is 15.3. The lowest BCUT2D eigenvalue weighted by atomic mass is 10.0. The Morgan fingerprint density at radius 2 is 1.08 bits per heavy atom. The van der Waals surface area contributed by atoms with E-state index in [1.54, 1.807) is 6.08 Å². The van der Waals surface area contributed by atoms with Gasteiger partial charge in [-0.3, -0.25) is 13.8 Å². The summed E-state index contributed by atoms with van der Waals surface area (Å²) >= 11 is 0. The van der Waals surface area contributed by atoms with Crippen molar-refractivity contribution in [1.82, 2.24) is 5.32 Å². The standard InChI is InChI=1S/C42H79N2O6P/c1-3-5-7-9-11-13-15-16-17-18-19-20-21-22-23-24-26-28-30-32-34-36-42(46)44-40(39-50-51(47,48)49-38-37-43)41(45)35-33-31-29-27-25-14-12-10-8-6-4-2/h8,10,18-19,25,27,33,35,40-41,45H,3-7,9,11-17,20-24,26,28-32,34,36-39,43H2,1-2H3,(H,44,46)(H,47,48)/b10-8+,19-18-,27-25+,35-33+. The monoisotopic (exact) mass is 739 g/mol. The van der Waals surface area contributed by atoms with Gasteiger partial charge in [0.25, 0.3) is 0 Å². The van der Waals surface area contributed by atoms with Crippen LogP contribution < -0.4 is 11.1 Å². The summed E-state index contributed by atoms with van der Waals surface area (Å²) in [5, 5.41) is 13.6. The highest BCUT2D eigenvalue weighted by Crippen LogP contribution is 2.43. The predicted molar refractivity (Wildman–Crippen MR) is 217 cm³/mol. The summed E-state index contributed by atoms with van der Waals surface area (Å²) in [4.78, 5) is 22.6. The Morgan fingerprint density at radius 3 is 1.59 bits per heavy atom. The number of hydrogen-bond acceptors (Lipinski definition) is 6. The number of carbonyl (C=O) groups is 1. The molecular formula is C42H79N2O6P. The molecule has 0 bridgehead atoms. The van der Waals surface area contributed by atoms with Crippen LogP contribution >= 0.6 is 7.82 Å². The number of aliphatic hydroxyl groups is 1. The van der Waals surface area contributed by atoms with E-state index in [-0.39, 0.29) is 25.7 Å². The third-order valence-corrected chi connectivity index (χ3v) is 9.82. The van der Waals surface area contributed by atoms with Crippen LogP contribution in [0.5, 0.6) is 0 Å². The van der Waals surface area contributed by atoms with Crippen molar-refractivity contribution in [3.63, 3.8) is 0 Å². The number of aliphatic hydroxyl groups excluding tert-OH is 1. The van der Waals surface area contributed by atoms with Gasteiger partial charge in [-0.15, -0.1) is 0 Å². The Kier molecular flexibility index (Phi) is 37.0. The van der Waals surface area contributed by atoms with E-state index in [0.29, 0.717) is 6.42 Å². The minimum atomic E-state index is -4.35. The first-order valence-corrected chi connectivity index (χ1v) is 22.3. The molecule has 51 heavy (non-hydrogen) atoms. The molecule has 1 amide bonds. The van der Waals surface area contributed by atoms with Gasteiger partial charge in [0.2, 0.25) is 5.91 Å². The molecule has 5 N–H and O–H groups in total. The van der Waals surface area contributed by atoms with Crippen LogP contribution in [0, 0.1) is 0 Å². The summed E-state index contributed by atoms with van der Waals surface area (Å²) in [5.74, 6) is -0.213. The van der Waals surface area contributed by atoms with Gasteiger partial charge in [0, 0.05) is 13.0 Å². The molecule has 0 saturated heterocycles. The molecule has 0 aliphatic rings. The minimum absolute atomic E-state index is 0.0702. The van der Waals surface area contributed by atoms with E-state index in [1.807, 2.05) is 6.08 Å². The fourth-order valence-corrected chi connectivity index (χ4v) is 6.45. The van der Waals surface area contributed by atoms with Crippen LogP contribution in [0.15, 0.2) is 48.6 Å². The molecule has 3 atom stereocenters. The zero-order chi connectivity index (χ0) is 37.5. The van der Waals surface area contributed by atoms with Gasteiger partial charge in [0.05, 0.1) is 25.4 Å². The van der Waals surface area contributed by atoms with E-state index in [2.05, 4.69) is 55.6 Å². The van der Waals surface area contributed by atoms with E-state index in [0.717, 1.165) is 51.4 Å². The zero-order valence-corrected chi connectivity index (χ0v) is 33.7. The van der Waals surface area contributed by atoms with Crippen molar-refractivity contribution in [3.8, 4) is 0 Å². The number of phosphoric acid groups is 1. The molecule has 0 rings (SSSR count). The third kappa shape index (κ3) is 36.6. The SMILES string of the molecule is CCC/C=C/CC/C=C/CC/C=C/C(O)C(COP(=O)(O)OCCN)NC(=O)CCCCCCCCCCC/C=C\CCCCCCCCCC. The van der Waals surface area contributed by atoms with Crippen molar-refractivity contribution in [2.75, 3.05) is 19.8 Å². The van der Waals surface area contributed by atoms with Crippen LogP contribution in [0.3, 0.4) is 0 Å². The maximum atomic E-state index is 12.7. The molecule has 0 heterocycles. The lowest BCUT2D eigenvalue weighted by Crippen LogP contribution is -2.45. The Balaban J connectivity index is 4.18. The predicted octanol–water partition coefficient (Wildman–Crippen LogP) is 11.3. The van der Waals surface area contributed by atoms with E-state index in [9.17, 15) is 19.4 Å². The second kappa shape index (κ2) is 38.2. The molecule has 0 aromatic heterocycles. The molecular weight excluding hydrogens is 659 g/mol. The van der Waals surface area contributed by atoms with Crippen molar-refractivity contribution in [2.45, 2.75) is 193 Å². The summed E-state index contributed by atoms with van der Waals surface area (Å²) in [6, 6.07) is -0.883. The topological polar surface area (TPSA) is 131 Å². The number of nitrogens with one attached hydrogen (secondary N) is 1. The minimum Gasteiger partial charge on any atom is -0.387 e. The Hall–Kier alpha value is -1.54. The van der Waals surface area contributed by atoms with Crippen LogP contribution in [0.25, 0.3) is 0 Å². The van der Waals surface area contributed by atoms with Crippen LogP contribution in [0.2, 0.25) is 0 Å². The fraction of sp³-hybridized carbons (Fsp3) is 0.786.